The Morgan fingerprint density at radius 1 is 0.911 bits per heavy atom. The summed E-state index contributed by atoms with van der Waals surface area (Å²) in [5.74, 6) is -7.63. The Morgan fingerprint density at radius 3 is 2.16 bits per heavy atom. The summed E-state index contributed by atoms with van der Waals surface area (Å²) in [7, 11) is 1.31. The summed E-state index contributed by atoms with van der Waals surface area (Å²) >= 11 is 0. The largest absolute Gasteiger partial charge is 0.504 e. The monoisotopic (exact) mass is 631 g/mol. The number of halogens is 6. The second-order valence-corrected chi connectivity index (χ2v) is 11.4. The number of Topliss-reactive ketones (excluding diaryl/α,β-unsaturated/α-hetero) is 1. The Labute approximate surface area is 251 Å². The third-order valence-corrected chi connectivity index (χ3v) is 8.95. The van der Waals surface area contributed by atoms with Gasteiger partial charge in [-0.1, -0.05) is 23.8 Å². The molecule has 1 heterocycles. The molecule has 7 nitrogen and oxygen atoms in total. The number of aromatic hydroxyl groups is 1. The predicted octanol–water partition coefficient (Wildman–Crippen LogP) is 6.07. The molecule has 4 unspecified atom stereocenters. The van der Waals surface area contributed by atoms with Crippen LogP contribution >= 0.6 is 0 Å². The zero-order valence-corrected chi connectivity index (χ0v) is 23.5. The fourth-order valence-electron chi connectivity index (χ4n) is 7.00. The topological polar surface area (TPSA) is 101 Å². The van der Waals surface area contributed by atoms with Gasteiger partial charge >= 0.3 is 12.4 Å². The number of carbonyl (C=O) groups excluding carboxylic acids is 4. The first kappa shape index (κ1) is 30.4. The van der Waals surface area contributed by atoms with Crippen molar-refractivity contribution in [3.63, 3.8) is 0 Å². The minimum atomic E-state index is -5.21. The van der Waals surface area contributed by atoms with Crippen molar-refractivity contribution in [2.45, 2.75) is 38.0 Å². The quantitative estimate of drug-likeness (QED) is 0.191. The molecule has 2 aromatic carbocycles. The molecule has 2 aromatic rings. The van der Waals surface area contributed by atoms with Crippen molar-refractivity contribution in [1.82, 2.24) is 0 Å². The van der Waals surface area contributed by atoms with Gasteiger partial charge in [0.25, 0.3) is 0 Å². The molecule has 0 aromatic heterocycles. The summed E-state index contributed by atoms with van der Waals surface area (Å²) in [5, 5.41) is 11.1. The van der Waals surface area contributed by atoms with Crippen molar-refractivity contribution >= 4 is 29.1 Å². The van der Waals surface area contributed by atoms with Crippen LogP contribution in [0.5, 0.6) is 11.5 Å². The van der Waals surface area contributed by atoms with Crippen LogP contribution in [0.25, 0.3) is 0 Å². The van der Waals surface area contributed by atoms with Gasteiger partial charge in [-0.15, -0.1) is 0 Å². The summed E-state index contributed by atoms with van der Waals surface area (Å²) < 4.78 is 87.0. The average Bonchev–Trinajstić information content (AvgIpc) is 3.23. The number of benzene rings is 2. The van der Waals surface area contributed by atoms with E-state index >= 15 is 0 Å². The van der Waals surface area contributed by atoms with Crippen LogP contribution in [-0.2, 0) is 31.5 Å². The molecular weight excluding hydrogens is 608 g/mol. The molecule has 13 heteroatoms. The van der Waals surface area contributed by atoms with Crippen molar-refractivity contribution in [3.05, 3.63) is 87.5 Å². The lowest BCUT2D eigenvalue weighted by atomic mass is 9.59. The molecule has 0 radical (unpaired) electrons. The maximum atomic E-state index is 14.0. The van der Waals surface area contributed by atoms with Gasteiger partial charge in [0, 0.05) is 28.2 Å². The van der Waals surface area contributed by atoms with Crippen LogP contribution in [-0.4, -0.2) is 35.6 Å². The fraction of sp³-hybridized carbons (Fsp3) is 0.312. The van der Waals surface area contributed by atoms with Crippen molar-refractivity contribution in [1.29, 1.82) is 0 Å². The third-order valence-electron chi connectivity index (χ3n) is 8.95. The average molecular weight is 632 g/mol. The zero-order chi connectivity index (χ0) is 32.7. The van der Waals surface area contributed by atoms with Crippen molar-refractivity contribution < 1.29 is 55.4 Å². The number of methoxy groups -OCH3 is 1. The first-order valence-electron chi connectivity index (χ1n) is 13.8. The maximum absolute atomic E-state index is 14.0. The molecule has 1 N–H and O–H groups in total. The van der Waals surface area contributed by atoms with Gasteiger partial charge < -0.3 is 9.84 Å². The molecular formula is C32H23F6NO6. The Kier molecular flexibility index (Phi) is 6.86. The molecule has 0 spiro atoms. The van der Waals surface area contributed by atoms with E-state index in [0.717, 1.165) is 0 Å². The van der Waals surface area contributed by atoms with Gasteiger partial charge in [0.05, 0.1) is 35.8 Å². The Bertz CT molecular complexity index is 1770. The molecule has 45 heavy (non-hydrogen) atoms. The molecule has 2 amide bonds. The number of rotatable bonds is 3. The Morgan fingerprint density at radius 2 is 1.56 bits per heavy atom. The number of phenols is 1. The second-order valence-electron chi connectivity index (χ2n) is 11.4. The number of hydrogen-bond donors (Lipinski definition) is 1. The number of fused-ring (bicyclic) bond motifs is 3. The Balaban J connectivity index is 1.49. The molecule has 234 valence electrons. The number of phenolic OH excluding ortho intramolecular Hbond substituents is 1. The van der Waals surface area contributed by atoms with Gasteiger partial charge in [-0.25, -0.2) is 4.90 Å². The van der Waals surface area contributed by atoms with E-state index in [1.807, 2.05) is 0 Å². The van der Waals surface area contributed by atoms with Crippen molar-refractivity contribution in [2.75, 3.05) is 12.0 Å². The van der Waals surface area contributed by atoms with Gasteiger partial charge in [0.2, 0.25) is 11.8 Å². The van der Waals surface area contributed by atoms with E-state index in [1.54, 1.807) is 12.1 Å². The molecule has 0 saturated carbocycles. The van der Waals surface area contributed by atoms with E-state index < -0.39 is 76.2 Å². The molecule has 4 aliphatic rings. The van der Waals surface area contributed by atoms with E-state index in [2.05, 4.69) is 0 Å². The van der Waals surface area contributed by atoms with Crippen LogP contribution in [0.2, 0.25) is 0 Å². The lowest BCUT2D eigenvalue weighted by Crippen LogP contribution is -2.39. The smallest absolute Gasteiger partial charge is 0.416 e. The minimum absolute atomic E-state index is 0.0622. The van der Waals surface area contributed by atoms with Crippen LogP contribution in [0.15, 0.2) is 70.8 Å². The fourth-order valence-corrected chi connectivity index (χ4v) is 7.00. The molecule has 6 rings (SSSR count). The number of hydrogen-bond acceptors (Lipinski definition) is 6. The van der Waals surface area contributed by atoms with Gasteiger partial charge in [0.15, 0.2) is 23.1 Å². The molecule has 1 saturated heterocycles. The number of imide groups is 1. The van der Waals surface area contributed by atoms with Crippen molar-refractivity contribution in [3.8, 4) is 11.5 Å². The number of nitrogens with zero attached hydrogens (tertiary/aromatic N) is 1. The van der Waals surface area contributed by atoms with Crippen LogP contribution in [0, 0.1) is 17.8 Å². The number of allylic oxidation sites excluding steroid dienone is 6. The van der Waals surface area contributed by atoms with Crippen LogP contribution in [0.3, 0.4) is 0 Å². The highest BCUT2D eigenvalue weighted by Gasteiger charge is 2.57. The Hall–Kier alpha value is -4.68. The summed E-state index contributed by atoms with van der Waals surface area (Å²) in [6.07, 6.45) is -7.94. The standard InChI is InChI=1S/C32H23F6NO6/c1-13-8-22(40)26-21(27(13)41)12-20-17(24(26)18-4-3-5-23(45-2)28(18)42)6-7-19-25(20)30(44)39(29(19)43)16-10-14(31(33,34)35)9-15(11-16)32(36,37)38/h3-6,8-11,19-20,24-25,42H,7,12H2,1-2H3. The molecule has 1 fully saturated rings. The lowest BCUT2D eigenvalue weighted by Gasteiger charge is -2.42. The number of ketones is 2. The van der Waals surface area contributed by atoms with Crippen LogP contribution in [0.1, 0.15) is 42.4 Å². The number of alkyl halides is 6. The summed E-state index contributed by atoms with van der Waals surface area (Å²) in [4.78, 5) is 54.7. The number of amides is 2. The predicted molar refractivity (Wildman–Crippen MR) is 145 cm³/mol. The molecule has 4 atom stereocenters. The van der Waals surface area contributed by atoms with E-state index in [1.165, 1.54) is 32.2 Å². The SMILES string of the molecule is COc1cccc(C2C3=CCC4C(=O)N(c5cc(C(F)(F)F)cc(C(F)(F)F)c5)C(=O)C4C3CC3=C2C(=O)C=C(C)C3=O)c1O. The zero-order valence-electron chi connectivity index (χ0n) is 23.5. The van der Waals surface area contributed by atoms with E-state index in [4.69, 9.17) is 4.74 Å². The van der Waals surface area contributed by atoms with Gasteiger partial charge in [0.1, 0.15) is 0 Å². The van der Waals surface area contributed by atoms with Gasteiger partial charge in [-0.3, -0.25) is 19.2 Å². The highest BCUT2D eigenvalue weighted by Crippen LogP contribution is 2.57. The third kappa shape index (κ3) is 4.67. The number of anilines is 1. The van der Waals surface area contributed by atoms with Crippen molar-refractivity contribution in [2.24, 2.45) is 17.8 Å². The van der Waals surface area contributed by atoms with Crippen LogP contribution in [0.4, 0.5) is 32.0 Å². The second kappa shape index (κ2) is 10.2. The number of carbonyl (C=O) groups is 4. The molecule has 3 aliphatic carbocycles. The highest BCUT2D eigenvalue weighted by molar-refractivity contribution is 6.25. The lowest BCUT2D eigenvalue weighted by molar-refractivity contribution is -0.143. The van der Waals surface area contributed by atoms with E-state index in [-0.39, 0.29) is 52.7 Å². The summed E-state index contributed by atoms with van der Waals surface area (Å²) in [6.45, 7) is 1.44. The summed E-state index contributed by atoms with van der Waals surface area (Å²) in [5.41, 5.74) is -3.35. The maximum Gasteiger partial charge on any atom is 0.416 e. The first-order valence-corrected chi connectivity index (χ1v) is 13.8. The normalized spacial score (nSPS) is 25.1. The van der Waals surface area contributed by atoms with E-state index in [0.29, 0.717) is 22.6 Å². The summed E-state index contributed by atoms with van der Waals surface area (Å²) in [6, 6.07) is 5.10. The number of ether oxygens (including phenoxy) is 1. The first-order chi connectivity index (χ1) is 21.0. The van der Waals surface area contributed by atoms with E-state index in [9.17, 15) is 50.6 Å². The van der Waals surface area contributed by atoms with Gasteiger partial charge in [-0.2, -0.15) is 26.3 Å². The molecule has 1 aliphatic heterocycles. The van der Waals surface area contributed by atoms with Gasteiger partial charge in [-0.05, 0) is 56.0 Å². The minimum Gasteiger partial charge on any atom is -0.504 e. The van der Waals surface area contributed by atoms with Crippen LogP contribution < -0.4 is 9.64 Å². The highest BCUT2D eigenvalue weighted by atomic mass is 19.4. The number of para-hydroxylation sites is 1. The molecule has 0 bridgehead atoms.